The molecule has 1 amide bonds. The second kappa shape index (κ2) is 7.45. The third-order valence-electron chi connectivity index (χ3n) is 5.34. The number of nitrogens with zero attached hydrogens (tertiary/aromatic N) is 2. The molecule has 0 saturated carbocycles. The number of aliphatic hydroxyl groups is 1. The third kappa shape index (κ3) is 3.75. The van der Waals surface area contributed by atoms with Crippen LogP contribution in [0.4, 0.5) is 0 Å². The van der Waals surface area contributed by atoms with Gasteiger partial charge < -0.3 is 10.0 Å². The number of hydrogen-bond donors (Lipinski definition) is 1. The number of carbonyl (C=O) groups is 1. The van der Waals surface area contributed by atoms with E-state index in [4.69, 9.17) is 0 Å². The summed E-state index contributed by atoms with van der Waals surface area (Å²) >= 11 is 0. The van der Waals surface area contributed by atoms with Crippen molar-refractivity contribution in [1.29, 1.82) is 0 Å². The van der Waals surface area contributed by atoms with Gasteiger partial charge in [-0.2, -0.15) is 0 Å². The monoisotopic (exact) mass is 316 g/mol. The van der Waals surface area contributed by atoms with E-state index in [1.54, 1.807) is 0 Å². The highest BCUT2D eigenvalue weighted by Gasteiger charge is 2.31. The lowest BCUT2D eigenvalue weighted by Crippen LogP contribution is -2.49. The molecule has 4 nitrogen and oxygen atoms in total. The molecule has 3 rings (SSSR count). The normalized spacial score (nSPS) is 25.7. The average molecular weight is 316 g/mol. The van der Waals surface area contributed by atoms with Crippen molar-refractivity contribution in [2.24, 2.45) is 5.92 Å². The number of likely N-dealkylation sites (tertiary alicyclic amines) is 2. The Hall–Kier alpha value is -1.39. The van der Waals surface area contributed by atoms with E-state index in [2.05, 4.69) is 17.9 Å². The van der Waals surface area contributed by atoms with Crippen LogP contribution in [0.1, 0.15) is 48.5 Å². The average Bonchev–Trinajstić information content (AvgIpc) is 3.07. The van der Waals surface area contributed by atoms with E-state index >= 15 is 0 Å². The van der Waals surface area contributed by atoms with Crippen molar-refractivity contribution in [3.05, 3.63) is 35.4 Å². The van der Waals surface area contributed by atoms with Gasteiger partial charge in [0.1, 0.15) is 0 Å². The number of amides is 1. The second-order valence-electron chi connectivity index (χ2n) is 7.05. The van der Waals surface area contributed by atoms with E-state index in [0.717, 1.165) is 44.6 Å². The molecule has 0 aliphatic carbocycles. The second-order valence-corrected chi connectivity index (χ2v) is 7.05. The molecule has 0 aromatic heterocycles. The lowest BCUT2D eigenvalue weighted by Gasteiger charge is -2.39. The number of rotatable bonds is 4. The summed E-state index contributed by atoms with van der Waals surface area (Å²) in [4.78, 5) is 17.2. The van der Waals surface area contributed by atoms with Gasteiger partial charge in [-0.15, -0.1) is 0 Å². The number of carbonyl (C=O) groups excluding carboxylic acids is 1. The van der Waals surface area contributed by atoms with Crippen LogP contribution >= 0.6 is 0 Å². The van der Waals surface area contributed by atoms with Crippen LogP contribution in [0.3, 0.4) is 0 Å². The first-order valence-corrected chi connectivity index (χ1v) is 8.92. The Bertz CT molecular complexity index is 540. The quantitative estimate of drug-likeness (QED) is 0.928. The Morgan fingerprint density at radius 1 is 1.22 bits per heavy atom. The van der Waals surface area contributed by atoms with E-state index in [1.165, 1.54) is 18.4 Å². The fourth-order valence-electron chi connectivity index (χ4n) is 3.95. The molecule has 0 radical (unpaired) electrons. The maximum atomic E-state index is 12.9. The lowest BCUT2D eigenvalue weighted by molar-refractivity contribution is 0.0358. The van der Waals surface area contributed by atoms with Crippen molar-refractivity contribution in [3.8, 4) is 0 Å². The molecule has 23 heavy (non-hydrogen) atoms. The molecule has 2 heterocycles. The highest BCUT2D eigenvalue weighted by molar-refractivity contribution is 5.94. The van der Waals surface area contributed by atoms with Crippen molar-refractivity contribution in [2.45, 2.75) is 45.2 Å². The van der Waals surface area contributed by atoms with Crippen LogP contribution in [0.25, 0.3) is 0 Å². The Labute approximate surface area is 139 Å². The van der Waals surface area contributed by atoms with Gasteiger partial charge in [-0.1, -0.05) is 19.1 Å². The van der Waals surface area contributed by atoms with Gasteiger partial charge in [0.2, 0.25) is 0 Å². The van der Waals surface area contributed by atoms with Gasteiger partial charge >= 0.3 is 0 Å². The standard InChI is InChI=1S/C19H28N2O2/c1-15-6-5-11-21(18(15)14-22)19(23)17-8-4-7-16(12-17)13-20-9-2-3-10-20/h4,7-8,12,15,18,22H,2-3,5-6,9-11,13-14H2,1H3. The molecule has 0 bridgehead atoms. The Balaban J connectivity index is 1.73. The van der Waals surface area contributed by atoms with Crippen LogP contribution in [-0.2, 0) is 6.54 Å². The van der Waals surface area contributed by atoms with Crippen molar-refractivity contribution in [3.63, 3.8) is 0 Å². The van der Waals surface area contributed by atoms with Crippen LogP contribution in [0, 0.1) is 5.92 Å². The fraction of sp³-hybridized carbons (Fsp3) is 0.632. The molecule has 2 aliphatic heterocycles. The summed E-state index contributed by atoms with van der Waals surface area (Å²) in [7, 11) is 0. The highest BCUT2D eigenvalue weighted by Crippen LogP contribution is 2.25. The van der Waals surface area contributed by atoms with Crippen molar-refractivity contribution >= 4 is 5.91 Å². The van der Waals surface area contributed by atoms with Gasteiger partial charge in [0, 0.05) is 18.7 Å². The predicted octanol–water partition coefficient (Wildman–Crippen LogP) is 2.52. The Morgan fingerprint density at radius 2 is 2.00 bits per heavy atom. The van der Waals surface area contributed by atoms with Crippen LogP contribution < -0.4 is 0 Å². The van der Waals surface area contributed by atoms with Crippen molar-refractivity contribution in [1.82, 2.24) is 9.80 Å². The van der Waals surface area contributed by atoms with Crippen LogP contribution in [0.2, 0.25) is 0 Å². The van der Waals surface area contributed by atoms with E-state index in [-0.39, 0.29) is 18.6 Å². The molecule has 1 aromatic rings. The molecular weight excluding hydrogens is 288 g/mol. The molecule has 2 fully saturated rings. The van der Waals surface area contributed by atoms with E-state index in [0.29, 0.717) is 5.92 Å². The number of hydrogen-bond acceptors (Lipinski definition) is 3. The Kier molecular flexibility index (Phi) is 5.34. The zero-order valence-electron chi connectivity index (χ0n) is 14.1. The van der Waals surface area contributed by atoms with E-state index < -0.39 is 0 Å². The molecule has 2 aliphatic rings. The zero-order chi connectivity index (χ0) is 16.2. The molecular formula is C19H28N2O2. The molecule has 126 valence electrons. The van der Waals surface area contributed by atoms with Gasteiger partial charge in [-0.05, 0) is 62.4 Å². The SMILES string of the molecule is CC1CCCN(C(=O)c2cccc(CN3CCCC3)c2)C1CO. The molecule has 0 spiro atoms. The summed E-state index contributed by atoms with van der Waals surface area (Å²) < 4.78 is 0. The number of aliphatic hydroxyl groups excluding tert-OH is 1. The summed E-state index contributed by atoms with van der Waals surface area (Å²) in [6, 6.07) is 7.99. The number of piperidine rings is 1. The molecule has 2 unspecified atom stereocenters. The van der Waals surface area contributed by atoms with Crippen LogP contribution in [0.15, 0.2) is 24.3 Å². The summed E-state index contributed by atoms with van der Waals surface area (Å²) in [5.41, 5.74) is 1.97. The zero-order valence-corrected chi connectivity index (χ0v) is 14.1. The van der Waals surface area contributed by atoms with Gasteiger partial charge in [0.25, 0.3) is 5.91 Å². The first kappa shape index (κ1) is 16.5. The largest absolute Gasteiger partial charge is 0.394 e. The first-order valence-electron chi connectivity index (χ1n) is 8.92. The fourth-order valence-corrected chi connectivity index (χ4v) is 3.95. The van der Waals surface area contributed by atoms with Gasteiger partial charge in [-0.3, -0.25) is 9.69 Å². The third-order valence-corrected chi connectivity index (χ3v) is 5.34. The Morgan fingerprint density at radius 3 is 2.74 bits per heavy atom. The maximum Gasteiger partial charge on any atom is 0.254 e. The van der Waals surface area contributed by atoms with Crippen molar-refractivity contribution < 1.29 is 9.90 Å². The summed E-state index contributed by atoms with van der Waals surface area (Å²) in [6.45, 7) is 6.19. The van der Waals surface area contributed by atoms with Crippen LogP contribution in [0.5, 0.6) is 0 Å². The summed E-state index contributed by atoms with van der Waals surface area (Å²) in [6.07, 6.45) is 4.67. The minimum Gasteiger partial charge on any atom is -0.394 e. The minimum atomic E-state index is -0.0431. The highest BCUT2D eigenvalue weighted by atomic mass is 16.3. The molecule has 2 atom stereocenters. The van der Waals surface area contributed by atoms with Gasteiger partial charge in [-0.25, -0.2) is 0 Å². The molecule has 2 saturated heterocycles. The van der Waals surface area contributed by atoms with Gasteiger partial charge in [0.15, 0.2) is 0 Å². The van der Waals surface area contributed by atoms with E-state index in [1.807, 2.05) is 23.1 Å². The van der Waals surface area contributed by atoms with Crippen molar-refractivity contribution in [2.75, 3.05) is 26.2 Å². The molecule has 4 heteroatoms. The minimum absolute atomic E-state index is 0.0431. The first-order chi connectivity index (χ1) is 11.2. The lowest BCUT2D eigenvalue weighted by atomic mass is 9.90. The summed E-state index contributed by atoms with van der Waals surface area (Å²) in [5.74, 6) is 0.435. The smallest absolute Gasteiger partial charge is 0.254 e. The predicted molar refractivity (Wildman–Crippen MR) is 91.3 cm³/mol. The number of benzene rings is 1. The summed E-state index contributed by atoms with van der Waals surface area (Å²) in [5, 5.41) is 9.67. The maximum absolute atomic E-state index is 12.9. The van der Waals surface area contributed by atoms with E-state index in [9.17, 15) is 9.90 Å². The van der Waals surface area contributed by atoms with Crippen LogP contribution in [-0.4, -0.2) is 53.1 Å². The molecule has 1 aromatic carbocycles. The topological polar surface area (TPSA) is 43.8 Å². The molecule has 1 N–H and O–H groups in total. The van der Waals surface area contributed by atoms with Gasteiger partial charge in [0.05, 0.1) is 12.6 Å².